The number of hydrogen-bond acceptors (Lipinski definition) is 3. The summed E-state index contributed by atoms with van der Waals surface area (Å²) in [6, 6.07) is 0. The van der Waals surface area contributed by atoms with Gasteiger partial charge in [0.1, 0.15) is 0 Å². The van der Waals surface area contributed by atoms with Crippen molar-refractivity contribution < 1.29 is 4.52 Å². The fourth-order valence-electron chi connectivity index (χ4n) is 1.97. The van der Waals surface area contributed by atoms with Gasteiger partial charge < -0.3 is 4.52 Å². The van der Waals surface area contributed by atoms with E-state index in [-0.39, 0.29) is 10.8 Å². The lowest BCUT2D eigenvalue weighted by molar-refractivity contribution is 0.265. The molecule has 0 aromatic carbocycles. The molecule has 0 saturated carbocycles. The fourth-order valence-corrected chi connectivity index (χ4v) is 1.97. The maximum Gasteiger partial charge on any atom is 0.232 e. The van der Waals surface area contributed by atoms with E-state index in [2.05, 4.69) is 51.7 Å². The molecule has 0 amide bonds. The Kier molecular flexibility index (Phi) is 4.94. The van der Waals surface area contributed by atoms with E-state index in [4.69, 9.17) is 4.52 Å². The van der Waals surface area contributed by atoms with Crippen molar-refractivity contribution in [3.05, 3.63) is 11.7 Å². The second-order valence-corrected chi connectivity index (χ2v) is 6.54. The summed E-state index contributed by atoms with van der Waals surface area (Å²) in [5.41, 5.74) is -0.00844. The number of hydrogen-bond donors (Lipinski definition) is 0. The first-order valence-corrected chi connectivity index (χ1v) is 7.18. The maximum absolute atomic E-state index is 5.52. The highest BCUT2D eigenvalue weighted by Gasteiger charge is 2.32. The fraction of sp³-hybridized carbons (Fsp3) is 0.867. The van der Waals surface area contributed by atoms with Crippen molar-refractivity contribution in [2.24, 2.45) is 0 Å². The van der Waals surface area contributed by atoms with Gasteiger partial charge in [-0.25, -0.2) is 0 Å². The van der Waals surface area contributed by atoms with E-state index in [9.17, 15) is 0 Å². The Morgan fingerprint density at radius 2 is 1.72 bits per heavy atom. The zero-order valence-electron chi connectivity index (χ0n) is 12.8. The molecule has 3 heteroatoms. The molecule has 0 bridgehead atoms. The second-order valence-electron chi connectivity index (χ2n) is 6.54. The minimum Gasteiger partial charge on any atom is -0.339 e. The minimum absolute atomic E-state index is 0.0334. The molecule has 1 unspecified atom stereocenters. The highest BCUT2D eigenvalue weighted by Crippen LogP contribution is 2.33. The van der Waals surface area contributed by atoms with Crippen LogP contribution in [-0.2, 0) is 10.8 Å². The van der Waals surface area contributed by atoms with Gasteiger partial charge in [-0.3, -0.25) is 0 Å². The highest BCUT2D eigenvalue weighted by molar-refractivity contribution is 5.07. The van der Waals surface area contributed by atoms with Crippen LogP contribution in [0.25, 0.3) is 0 Å². The van der Waals surface area contributed by atoms with Crippen LogP contribution in [0.2, 0.25) is 0 Å². The normalized spacial score (nSPS) is 15.7. The summed E-state index contributed by atoms with van der Waals surface area (Å²) in [5.74, 6) is 1.62. The van der Waals surface area contributed by atoms with Crippen molar-refractivity contribution in [2.45, 2.75) is 84.5 Å². The van der Waals surface area contributed by atoms with Crippen LogP contribution in [0.3, 0.4) is 0 Å². The van der Waals surface area contributed by atoms with Gasteiger partial charge in [0.15, 0.2) is 5.82 Å². The molecule has 0 aliphatic heterocycles. The summed E-state index contributed by atoms with van der Waals surface area (Å²) in [7, 11) is 0. The SMILES string of the molecule is CCCCCC(C)(CC)c1nc(C(C)(C)C)no1. The topological polar surface area (TPSA) is 38.9 Å². The molecule has 0 aliphatic carbocycles. The van der Waals surface area contributed by atoms with Gasteiger partial charge in [0.05, 0.1) is 0 Å². The van der Waals surface area contributed by atoms with Gasteiger partial charge in [-0.15, -0.1) is 0 Å². The van der Waals surface area contributed by atoms with Crippen LogP contribution >= 0.6 is 0 Å². The number of aromatic nitrogens is 2. The zero-order chi connectivity index (χ0) is 13.8. The van der Waals surface area contributed by atoms with Gasteiger partial charge in [-0.2, -0.15) is 4.98 Å². The quantitative estimate of drug-likeness (QED) is 0.694. The molecule has 0 aliphatic rings. The van der Waals surface area contributed by atoms with Gasteiger partial charge in [-0.1, -0.05) is 66.0 Å². The van der Waals surface area contributed by atoms with Gasteiger partial charge in [0.25, 0.3) is 0 Å². The van der Waals surface area contributed by atoms with Gasteiger partial charge in [0, 0.05) is 10.8 Å². The average molecular weight is 252 g/mol. The third-order valence-corrected chi connectivity index (χ3v) is 3.73. The predicted molar refractivity (Wildman–Crippen MR) is 74.8 cm³/mol. The standard InChI is InChI=1S/C15H28N2O/c1-7-9-10-11-15(6,8-2)13-16-12(17-18-13)14(3,4)5/h7-11H2,1-6H3. The molecule has 1 aromatic heterocycles. The molecule has 0 radical (unpaired) electrons. The Balaban J connectivity index is 2.84. The molecule has 1 atom stereocenters. The van der Waals surface area contributed by atoms with E-state index < -0.39 is 0 Å². The maximum atomic E-state index is 5.52. The zero-order valence-corrected chi connectivity index (χ0v) is 12.8. The predicted octanol–water partition coefficient (Wildman–Crippen LogP) is 4.62. The molecule has 104 valence electrons. The van der Waals surface area contributed by atoms with Gasteiger partial charge in [0.2, 0.25) is 5.89 Å². The van der Waals surface area contributed by atoms with E-state index in [1.807, 2.05) is 0 Å². The van der Waals surface area contributed by atoms with Gasteiger partial charge in [-0.05, 0) is 12.8 Å². The molecule has 1 aromatic rings. The van der Waals surface area contributed by atoms with E-state index in [1.54, 1.807) is 0 Å². The summed E-state index contributed by atoms with van der Waals surface area (Å²) in [4.78, 5) is 4.63. The Bertz CT molecular complexity index is 365. The van der Waals surface area contributed by atoms with Crippen molar-refractivity contribution in [1.82, 2.24) is 10.1 Å². The minimum atomic E-state index is -0.0418. The summed E-state index contributed by atoms with van der Waals surface area (Å²) >= 11 is 0. The third-order valence-electron chi connectivity index (χ3n) is 3.73. The van der Waals surface area contributed by atoms with Crippen LogP contribution in [0.5, 0.6) is 0 Å². The van der Waals surface area contributed by atoms with Gasteiger partial charge >= 0.3 is 0 Å². The van der Waals surface area contributed by atoms with Crippen LogP contribution in [0.1, 0.15) is 85.4 Å². The first-order chi connectivity index (χ1) is 8.33. The lowest BCUT2D eigenvalue weighted by Crippen LogP contribution is -2.22. The van der Waals surface area contributed by atoms with E-state index >= 15 is 0 Å². The molecule has 0 saturated heterocycles. The summed E-state index contributed by atoms with van der Waals surface area (Å²) < 4.78 is 5.52. The summed E-state index contributed by atoms with van der Waals surface area (Å²) in [5, 5.41) is 4.14. The molecular formula is C15H28N2O. The first-order valence-electron chi connectivity index (χ1n) is 7.18. The lowest BCUT2D eigenvalue weighted by Gasteiger charge is -2.23. The number of rotatable bonds is 6. The molecule has 1 heterocycles. The summed E-state index contributed by atoms with van der Waals surface area (Å²) in [6.45, 7) is 13.0. The largest absolute Gasteiger partial charge is 0.339 e. The monoisotopic (exact) mass is 252 g/mol. The van der Waals surface area contributed by atoms with E-state index in [0.717, 1.165) is 24.6 Å². The molecular weight excluding hydrogens is 224 g/mol. The lowest BCUT2D eigenvalue weighted by atomic mass is 9.82. The van der Waals surface area contributed by atoms with Crippen LogP contribution in [0.4, 0.5) is 0 Å². The van der Waals surface area contributed by atoms with E-state index in [0.29, 0.717) is 0 Å². The molecule has 3 nitrogen and oxygen atoms in total. The number of nitrogens with zero attached hydrogens (tertiary/aromatic N) is 2. The van der Waals surface area contributed by atoms with Crippen molar-refractivity contribution >= 4 is 0 Å². The third kappa shape index (κ3) is 3.56. The van der Waals surface area contributed by atoms with Crippen LogP contribution in [-0.4, -0.2) is 10.1 Å². The summed E-state index contributed by atoms with van der Waals surface area (Å²) in [6.07, 6.45) is 5.92. The molecule has 18 heavy (non-hydrogen) atoms. The van der Waals surface area contributed by atoms with Crippen LogP contribution in [0.15, 0.2) is 4.52 Å². The average Bonchev–Trinajstić information content (AvgIpc) is 2.78. The second kappa shape index (κ2) is 5.85. The molecule has 0 N–H and O–H groups in total. The van der Waals surface area contributed by atoms with Crippen molar-refractivity contribution in [2.75, 3.05) is 0 Å². The van der Waals surface area contributed by atoms with E-state index in [1.165, 1.54) is 19.3 Å². The van der Waals surface area contributed by atoms with Crippen LogP contribution in [0, 0.1) is 0 Å². The molecule has 1 rings (SSSR count). The Hall–Kier alpha value is -0.860. The smallest absolute Gasteiger partial charge is 0.232 e. The number of unbranched alkanes of at least 4 members (excludes halogenated alkanes) is 2. The first kappa shape index (κ1) is 15.2. The van der Waals surface area contributed by atoms with Crippen LogP contribution < -0.4 is 0 Å². The Morgan fingerprint density at radius 1 is 1.06 bits per heavy atom. The molecule has 0 fully saturated rings. The van der Waals surface area contributed by atoms with Crippen molar-refractivity contribution in [1.29, 1.82) is 0 Å². The Labute approximate surface area is 111 Å². The highest BCUT2D eigenvalue weighted by atomic mass is 16.5. The molecule has 0 spiro atoms. The van der Waals surface area contributed by atoms with Crippen molar-refractivity contribution in [3.8, 4) is 0 Å². The van der Waals surface area contributed by atoms with Crippen molar-refractivity contribution in [3.63, 3.8) is 0 Å². The Morgan fingerprint density at radius 3 is 2.17 bits per heavy atom.